The lowest BCUT2D eigenvalue weighted by Crippen LogP contribution is -2.40. The molecule has 2 heterocycles. The second kappa shape index (κ2) is 14.3. The zero-order valence-electron chi connectivity index (χ0n) is 22.0. The summed E-state index contributed by atoms with van der Waals surface area (Å²) in [5.41, 5.74) is 0. The van der Waals surface area contributed by atoms with Crippen LogP contribution in [0.15, 0.2) is 22.9 Å². The van der Waals surface area contributed by atoms with Gasteiger partial charge in [0.15, 0.2) is 0 Å². The fourth-order valence-corrected chi connectivity index (χ4v) is 13.3. The Hall–Kier alpha value is -0.166. The third-order valence-corrected chi connectivity index (χ3v) is 16.7. The van der Waals surface area contributed by atoms with Crippen molar-refractivity contribution in [3.63, 3.8) is 0 Å². The molecule has 0 fully saturated rings. The summed E-state index contributed by atoms with van der Waals surface area (Å²) in [6, 6.07) is 8.02. The van der Waals surface area contributed by atoms with Crippen molar-refractivity contribution in [2.45, 2.75) is 129 Å². The highest BCUT2D eigenvalue weighted by Gasteiger charge is 2.26. The summed E-state index contributed by atoms with van der Waals surface area (Å²) < 4.78 is 0. The largest absolute Gasteiger partial charge is 0.143 e. The number of hydrogen-bond acceptors (Lipinski definition) is 2. The van der Waals surface area contributed by atoms with Gasteiger partial charge in [-0.3, -0.25) is 0 Å². The standard InChI is InChI=1S/C28H50S2Si2/c1-7-9-11-13-15-17-19-31(3,4)25-21-27(29-23-25)28-22-26(24-30-28)32(5,6)20-18-16-14-12-10-8-2/h21-24H,7-20H2,1-6H3. The zero-order valence-corrected chi connectivity index (χ0v) is 25.7. The third-order valence-electron chi connectivity index (χ3n) is 7.32. The first-order valence-corrected chi connectivity index (χ1v) is 21.7. The predicted octanol–water partition coefficient (Wildman–Crippen LogP) is 10.0. The molecule has 0 bridgehead atoms. The van der Waals surface area contributed by atoms with Gasteiger partial charge in [0, 0.05) is 9.75 Å². The van der Waals surface area contributed by atoms with Crippen LogP contribution >= 0.6 is 22.7 Å². The van der Waals surface area contributed by atoms with Crippen LogP contribution in [0.1, 0.15) is 90.9 Å². The normalized spacial score (nSPS) is 12.6. The summed E-state index contributed by atoms with van der Waals surface area (Å²) in [5.74, 6) is 0. The minimum Gasteiger partial charge on any atom is -0.143 e. The summed E-state index contributed by atoms with van der Waals surface area (Å²) in [6.45, 7) is 14.9. The molecule has 0 aliphatic rings. The first-order chi connectivity index (χ1) is 15.3. The molecule has 0 saturated heterocycles. The van der Waals surface area contributed by atoms with Crippen LogP contribution < -0.4 is 10.4 Å². The van der Waals surface area contributed by atoms with E-state index in [1.807, 2.05) is 22.7 Å². The minimum atomic E-state index is -1.30. The van der Waals surface area contributed by atoms with Crippen LogP contribution in [0.5, 0.6) is 0 Å². The summed E-state index contributed by atoms with van der Waals surface area (Å²) in [7, 11) is -2.60. The van der Waals surface area contributed by atoms with E-state index in [0.717, 1.165) is 0 Å². The van der Waals surface area contributed by atoms with Gasteiger partial charge in [0.2, 0.25) is 0 Å². The van der Waals surface area contributed by atoms with Gasteiger partial charge in [0.05, 0.1) is 16.1 Å². The van der Waals surface area contributed by atoms with Gasteiger partial charge in [-0.15, -0.1) is 22.7 Å². The molecule has 0 saturated carbocycles. The predicted molar refractivity (Wildman–Crippen MR) is 158 cm³/mol. The zero-order chi connectivity index (χ0) is 23.5. The molecule has 182 valence electrons. The Bertz CT molecular complexity index is 693. The van der Waals surface area contributed by atoms with Gasteiger partial charge in [-0.2, -0.15) is 0 Å². The molecule has 2 rings (SSSR count). The van der Waals surface area contributed by atoms with E-state index >= 15 is 0 Å². The Balaban J connectivity index is 1.88. The molecule has 2 aromatic rings. The van der Waals surface area contributed by atoms with E-state index < -0.39 is 16.1 Å². The fraction of sp³-hybridized carbons (Fsp3) is 0.714. The van der Waals surface area contributed by atoms with Crippen LogP contribution in [0.2, 0.25) is 38.3 Å². The quantitative estimate of drug-likeness (QED) is 0.148. The molecule has 0 aromatic carbocycles. The molecule has 0 amide bonds. The van der Waals surface area contributed by atoms with E-state index in [2.05, 4.69) is 62.9 Å². The topological polar surface area (TPSA) is 0 Å². The molecular formula is C28H50S2Si2. The second-order valence-corrected chi connectivity index (χ2v) is 22.7. The Morgan fingerprint density at radius 3 is 1.25 bits per heavy atom. The van der Waals surface area contributed by atoms with Gasteiger partial charge in [-0.1, -0.05) is 129 Å². The number of thiophene rings is 2. The van der Waals surface area contributed by atoms with Crippen molar-refractivity contribution in [3.05, 3.63) is 22.9 Å². The molecule has 0 aliphatic heterocycles. The highest BCUT2D eigenvalue weighted by Crippen LogP contribution is 2.31. The molecule has 0 spiro atoms. The van der Waals surface area contributed by atoms with Crippen molar-refractivity contribution < 1.29 is 0 Å². The lowest BCUT2D eigenvalue weighted by molar-refractivity contribution is 0.623. The molecule has 2 aromatic heterocycles. The number of rotatable bonds is 17. The van der Waals surface area contributed by atoms with E-state index in [4.69, 9.17) is 0 Å². The van der Waals surface area contributed by atoms with Crippen LogP contribution in [-0.2, 0) is 0 Å². The van der Waals surface area contributed by atoms with E-state index in [0.29, 0.717) is 0 Å². The second-order valence-electron chi connectivity index (χ2n) is 11.2. The molecule has 0 aliphatic carbocycles. The third kappa shape index (κ3) is 9.23. The lowest BCUT2D eigenvalue weighted by atomic mass is 10.1. The number of unbranched alkanes of at least 4 members (excludes halogenated alkanes) is 10. The maximum Gasteiger partial charge on any atom is 0.0817 e. The van der Waals surface area contributed by atoms with Gasteiger partial charge in [-0.05, 0) is 33.3 Å². The van der Waals surface area contributed by atoms with Gasteiger partial charge in [0.25, 0.3) is 0 Å². The van der Waals surface area contributed by atoms with Gasteiger partial charge in [0.1, 0.15) is 0 Å². The molecule has 0 unspecified atom stereocenters. The molecule has 0 atom stereocenters. The van der Waals surface area contributed by atoms with Gasteiger partial charge in [-0.25, -0.2) is 0 Å². The first-order valence-electron chi connectivity index (χ1n) is 13.5. The summed E-state index contributed by atoms with van der Waals surface area (Å²) in [4.78, 5) is 3.04. The molecule has 0 N–H and O–H groups in total. The van der Waals surface area contributed by atoms with Crippen molar-refractivity contribution >= 4 is 49.2 Å². The summed E-state index contributed by atoms with van der Waals surface area (Å²) >= 11 is 3.99. The molecule has 0 nitrogen and oxygen atoms in total. The van der Waals surface area contributed by atoms with Gasteiger partial charge < -0.3 is 0 Å². The minimum absolute atomic E-state index is 1.30. The van der Waals surface area contributed by atoms with Gasteiger partial charge >= 0.3 is 0 Å². The fourth-order valence-electron chi connectivity index (χ4n) is 4.62. The molecule has 0 radical (unpaired) electrons. The van der Waals surface area contributed by atoms with Crippen molar-refractivity contribution in [1.82, 2.24) is 0 Å². The Kier molecular flexibility index (Phi) is 12.5. The van der Waals surface area contributed by atoms with E-state index in [-0.39, 0.29) is 0 Å². The number of hydrogen-bond donors (Lipinski definition) is 0. The van der Waals surface area contributed by atoms with Crippen molar-refractivity contribution in [2.24, 2.45) is 0 Å². The SMILES string of the molecule is CCCCCCCC[Si](C)(C)c1csc(-c2cc([Si](C)(C)CCCCCCCC)cs2)c1. The van der Waals surface area contributed by atoms with E-state index in [9.17, 15) is 0 Å². The van der Waals surface area contributed by atoms with E-state index in [1.165, 1.54) is 98.9 Å². The highest BCUT2D eigenvalue weighted by atomic mass is 32.1. The van der Waals surface area contributed by atoms with Crippen LogP contribution in [0.25, 0.3) is 9.75 Å². The molecular weight excluding hydrogens is 457 g/mol. The molecule has 4 heteroatoms. The maximum atomic E-state index is 2.58. The van der Waals surface area contributed by atoms with E-state index in [1.54, 1.807) is 10.4 Å². The van der Waals surface area contributed by atoms with Crippen molar-refractivity contribution in [3.8, 4) is 9.75 Å². The highest BCUT2D eigenvalue weighted by molar-refractivity contribution is 7.22. The molecule has 32 heavy (non-hydrogen) atoms. The Morgan fingerprint density at radius 2 is 0.875 bits per heavy atom. The average molecular weight is 507 g/mol. The van der Waals surface area contributed by atoms with Crippen LogP contribution in [0, 0.1) is 0 Å². The van der Waals surface area contributed by atoms with Crippen LogP contribution in [0.3, 0.4) is 0 Å². The van der Waals surface area contributed by atoms with Crippen molar-refractivity contribution in [2.75, 3.05) is 0 Å². The first kappa shape index (κ1) is 28.1. The monoisotopic (exact) mass is 506 g/mol. The Labute approximate surface area is 210 Å². The van der Waals surface area contributed by atoms with Crippen molar-refractivity contribution in [1.29, 1.82) is 0 Å². The average Bonchev–Trinajstić information content (AvgIpc) is 3.43. The smallest absolute Gasteiger partial charge is 0.0817 e. The van der Waals surface area contributed by atoms with Crippen LogP contribution in [-0.4, -0.2) is 16.1 Å². The maximum absolute atomic E-state index is 2.58. The van der Waals surface area contributed by atoms with Crippen LogP contribution in [0.4, 0.5) is 0 Å². The lowest BCUT2D eigenvalue weighted by Gasteiger charge is -2.21. The summed E-state index contributed by atoms with van der Waals surface area (Å²) in [6.07, 6.45) is 17.0. The Morgan fingerprint density at radius 1 is 0.531 bits per heavy atom. The summed E-state index contributed by atoms with van der Waals surface area (Å²) in [5, 5.41) is 8.36.